The highest BCUT2D eigenvalue weighted by Gasteiger charge is 2.20. The minimum atomic E-state index is 1.09. The summed E-state index contributed by atoms with van der Waals surface area (Å²) in [6.07, 6.45) is 2.45. The summed E-state index contributed by atoms with van der Waals surface area (Å²) in [6, 6.07) is 17.3. The molecule has 0 radical (unpaired) electrons. The summed E-state index contributed by atoms with van der Waals surface area (Å²) in [5, 5.41) is 0. The van der Waals surface area contributed by atoms with Crippen LogP contribution in [0.1, 0.15) is 43.4 Å². The largest absolute Gasteiger partial charge is 0.258 e. The summed E-state index contributed by atoms with van der Waals surface area (Å²) in [4.78, 5) is 4.67. The van der Waals surface area contributed by atoms with Gasteiger partial charge in [-0.2, -0.15) is 0 Å². The third kappa shape index (κ3) is 3.13. The molecule has 3 rings (SSSR count). The first-order valence-corrected chi connectivity index (χ1v) is 7.55. The van der Waals surface area contributed by atoms with E-state index in [4.69, 9.17) is 0 Å². The predicted molar refractivity (Wildman–Crippen MR) is 91.3 cm³/mol. The summed E-state index contributed by atoms with van der Waals surface area (Å²) in [7, 11) is 0. The molecule has 21 heavy (non-hydrogen) atoms. The minimum absolute atomic E-state index is 1.09. The molecule has 1 saturated carbocycles. The zero-order chi connectivity index (χ0) is 14.8. The zero-order valence-corrected chi connectivity index (χ0v) is 13.0. The zero-order valence-electron chi connectivity index (χ0n) is 13.0. The molecular weight excluding hydrogens is 254 g/mol. The molecular formula is C20H21N. The van der Waals surface area contributed by atoms with Gasteiger partial charge in [-0.05, 0) is 61.9 Å². The van der Waals surface area contributed by atoms with Crippen molar-refractivity contribution in [2.75, 3.05) is 0 Å². The molecule has 1 aliphatic rings. The van der Waals surface area contributed by atoms with Gasteiger partial charge >= 0.3 is 0 Å². The first-order chi connectivity index (χ1) is 10.1. The fourth-order valence-electron chi connectivity index (χ4n) is 2.62. The Morgan fingerprint density at radius 2 is 1.62 bits per heavy atom. The van der Waals surface area contributed by atoms with Crippen molar-refractivity contribution in [1.29, 1.82) is 0 Å². The molecule has 1 aliphatic carbocycles. The van der Waals surface area contributed by atoms with E-state index in [-0.39, 0.29) is 0 Å². The van der Waals surface area contributed by atoms with E-state index in [9.17, 15) is 0 Å². The number of rotatable bonds is 3. The van der Waals surface area contributed by atoms with E-state index in [1.807, 2.05) is 13.8 Å². The summed E-state index contributed by atoms with van der Waals surface area (Å²) in [5.74, 6) is 0. The van der Waals surface area contributed by atoms with Gasteiger partial charge in [-0.25, -0.2) is 0 Å². The van der Waals surface area contributed by atoms with Crippen molar-refractivity contribution in [3.05, 3.63) is 70.8 Å². The second-order valence-corrected chi connectivity index (χ2v) is 5.90. The van der Waals surface area contributed by atoms with E-state index in [0.29, 0.717) is 0 Å². The number of aliphatic imine (C=N–C) groups is 1. The maximum Gasteiger partial charge on any atom is 0.0664 e. The lowest BCUT2D eigenvalue weighted by atomic mass is 9.95. The fraction of sp³-hybridized carbons (Fsp3) is 0.250. The molecule has 0 heterocycles. The molecule has 0 atom stereocenters. The molecule has 2 aromatic carbocycles. The Kier molecular flexibility index (Phi) is 3.74. The van der Waals surface area contributed by atoms with Crippen LogP contribution in [0.4, 0.5) is 5.69 Å². The lowest BCUT2D eigenvalue weighted by Crippen LogP contribution is -1.90. The summed E-state index contributed by atoms with van der Waals surface area (Å²) in [6.45, 7) is 6.21. The molecule has 2 aromatic rings. The molecule has 106 valence electrons. The third-order valence-corrected chi connectivity index (χ3v) is 3.76. The highest BCUT2D eigenvalue weighted by Crippen LogP contribution is 2.41. The number of benzene rings is 2. The fourth-order valence-corrected chi connectivity index (χ4v) is 2.62. The van der Waals surface area contributed by atoms with Crippen LogP contribution in [-0.4, -0.2) is 5.71 Å². The molecule has 1 fully saturated rings. The monoisotopic (exact) mass is 275 g/mol. The lowest BCUT2D eigenvalue weighted by molar-refractivity contribution is 1.37. The standard InChI is InChI=1S/C20H21N/c1-14(2)21-19-13-18(10-9-15(19)3)20(17-11-12-17)16-7-5-4-6-8-16/h4-10,13H,11-12H2,1-3H3. The maximum absolute atomic E-state index is 4.67. The van der Waals surface area contributed by atoms with Crippen molar-refractivity contribution in [2.24, 2.45) is 4.99 Å². The van der Waals surface area contributed by atoms with Gasteiger partial charge in [0.25, 0.3) is 0 Å². The van der Waals surface area contributed by atoms with E-state index in [1.165, 1.54) is 35.1 Å². The number of hydrogen-bond donors (Lipinski definition) is 0. The second-order valence-electron chi connectivity index (χ2n) is 5.90. The van der Waals surface area contributed by atoms with Gasteiger partial charge in [0.15, 0.2) is 0 Å². The Balaban J connectivity index is 2.11. The van der Waals surface area contributed by atoms with Crippen molar-refractivity contribution in [1.82, 2.24) is 0 Å². The van der Waals surface area contributed by atoms with Gasteiger partial charge < -0.3 is 0 Å². The second kappa shape index (κ2) is 5.69. The first-order valence-electron chi connectivity index (χ1n) is 7.55. The SMILES string of the molecule is CC(C)=Nc1cc(C(=C2CC2)c2ccccc2)ccc1C. The van der Waals surface area contributed by atoms with Crippen molar-refractivity contribution in [3.8, 4) is 0 Å². The van der Waals surface area contributed by atoms with Crippen LogP contribution in [0.2, 0.25) is 0 Å². The number of nitrogens with zero attached hydrogens (tertiary/aromatic N) is 1. The van der Waals surface area contributed by atoms with Crippen LogP contribution in [0.15, 0.2) is 59.1 Å². The van der Waals surface area contributed by atoms with Crippen LogP contribution >= 0.6 is 0 Å². The van der Waals surface area contributed by atoms with Crippen LogP contribution < -0.4 is 0 Å². The van der Waals surface area contributed by atoms with Crippen LogP contribution in [0, 0.1) is 6.92 Å². The van der Waals surface area contributed by atoms with E-state index in [1.54, 1.807) is 5.57 Å². The Hall–Kier alpha value is -2.15. The van der Waals surface area contributed by atoms with Crippen molar-refractivity contribution >= 4 is 17.0 Å². The first kappa shape index (κ1) is 13.8. The Morgan fingerprint density at radius 1 is 0.905 bits per heavy atom. The van der Waals surface area contributed by atoms with Gasteiger partial charge in [0.05, 0.1) is 5.69 Å². The highest BCUT2D eigenvalue weighted by atomic mass is 14.7. The molecule has 0 saturated heterocycles. The van der Waals surface area contributed by atoms with Gasteiger partial charge in [0.1, 0.15) is 0 Å². The average Bonchev–Trinajstić information content (AvgIpc) is 3.28. The van der Waals surface area contributed by atoms with Crippen LogP contribution in [0.5, 0.6) is 0 Å². The van der Waals surface area contributed by atoms with E-state index in [2.05, 4.69) is 60.4 Å². The Labute approximate surface area is 127 Å². The Morgan fingerprint density at radius 3 is 2.24 bits per heavy atom. The summed E-state index contributed by atoms with van der Waals surface area (Å²) >= 11 is 0. The maximum atomic E-state index is 4.67. The molecule has 0 N–H and O–H groups in total. The molecule has 1 heteroatoms. The third-order valence-electron chi connectivity index (χ3n) is 3.76. The van der Waals surface area contributed by atoms with Gasteiger partial charge in [0, 0.05) is 5.71 Å². The molecule has 0 aliphatic heterocycles. The van der Waals surface area contributed by atoms with Gasteiger partial charge in [-0.1, -0.05) is 48.0 Å². The Bertz CT molecular complexity index is 711. The van der Waals surface area contributed by atoms with Crippen molar-refractivity contribution < 1.29 is 0 Å². The topological polar surface area (TPSA) is 12.4 Å². The quantitative estimate of drug-likeness (QED) is 0.637. The minimum Gasteiger partial charge on any atom is -0.258 e. The molecule has 0 bridgehead atoms. The molecule has 0 spiro atoms. The molecule has 0 amide bonds. The smallest absolute Gasteiger partial charge is 0.0664 e. The summed E-state index contributed by atoms with van der Waals surface area (Å²) < 4.78 is 0. The lowest BCUT2D eigenvalue weighted by Gasteiger charge is -2.11. The van der Waals surface area contributed by atoms with Gasteiger partial charge in [-0.3, -0.25) is 4.99 Å². The van der Waals surface area contributed by atoms with Crippen LogP contribution in [0.25, 0.3) is 5.57 Å². The van der Waals surface area contributed by atoms with Crippen LogP contribution in [0.3, 0.4) is 0 Å². The molecule has 0 unspecified atom stereocenters. The normalized spacial score (nSPS) is 13.0. The number of aryl methyl sites for hydroxylation is 1. The van der Waals surface area contributed by atoms with E-state index < -0.39 is 0 Å². The van der Waals surface area contributed by atoms with Crippen molar-refractivity contribution in [3.63, 3.8) is 0 Å². The molecule has 0 aromatic heterocycles. The van der Waals surface area contributed by atoms with Crippen LogP contribution in [-0.2, 0) is 0 Å². The average molecular weight is 275 g/mol. The number of allylic oxidation sites excluding steroid dienone is 1. The molecule has 1 nitrogen and oxygen atoms in total. The number of hydrogen-bond acceptors (Lipinski definition) is 1. The highest BCUT2D eigenvalue weighted by molar-refractivity contribution is 5.87. The predicted octanol–water partition coefficient (Wildman–Crippen LogP) is 5.70. The van der Waals surface area contributed by atoms with E-state index in [0.717, 1.165) is 11.4 Å². The summed E-state index contributed by atoms with van der Waals surface area (Å²) in [5.41, 5.74) is 8.98. The van der Waals surface area contributed by atoms with Crippen molar-refractivity contribution in [2.45, 2.75) is 33.6 Å². The van der Waals surface area contributed by atoms with Gasteiger partial charge in [-0.15, -0.1) is 0 Å². The van der Waals surface area contributed by atoms with Gasteiger partial charge in [0.2, 0.25) is 0 Å². The van der Waals surface area contributed by atoms with E-state index >= 15 is 0 Å².